The van der Waals surface area contributed by atoms with Crippen LogP contribution in [0.1, 0.15) is 5.69 Å². The first-order valence-corrected chi connectivity index (χ1v) is 9.43. The van der Waals surface area contributed by atoms with Crippen LogP contribution in [0.2, 0.25) is 0 Å². The molecule has 0 aliphatic rings. The van der Waals surface area contributed by atoms with Crippen molar-refractivity contribution in [3.8, 4) is 5.75 Å². The number of fused-ring (bicyclic) bond motifs is 1. The van der Waals surface area contributed by atoms with Gasteiger partial charge in [-0.3, -0.25) is 14.0 Å². The Labute approximate surface area is 154 Å². The Morgan fingerprint density at radius 1 is 1.38 bits per heavy atom. The normalized spacial score (nSPS) is 11.0. The molecule has 1 aromatic carbocycles. The second kappa shape index (κ2) is 8.28. The van der Waals surface area contributed by atoms with Gasteiger partial charge >= 0.3 is 6.61 Å². The number of nitrogens with zero attached hydrogens (tertiary/aromatic N) is 2. The highest BCUT2D eigenvalue weighted by Crippen LogP contribution is 2.25. The highest BCUT2D eigenvalue weighted by Gasteiger charge is 2.12. The molecule has 1 N–H and O–H groups in total. The van der Waals surface area contributed by atoms with E-state index in [0.29, 0.717) is 16.4 Å². The van der Waals surface area contributed by atoms with Crippen LogP contribution in [0.25, 0.3) is 4.96 Å². The number of hydrogen-bond donors (Lipinski definition) is 1. The van der Waals surface area contributed by atoms with E-state index < -0.39 is 6.61 Å². The molecular weight excluding hydrogens is 384 g/mol. The number of alkyl halides is 2. The first-order chi connectivity index (χ1) is 12.5. The zero-order valence-electron chi connectivity index (χ0n) is 13.2. The molecule has 10 heteroatoms. The smallest absolute Gasteiger partial charge is 0.387 e. The van der Waals surface area contributed by atoms with E-state index in [0.717, 1.165) is 0 Å². The Hall–Kier alpha value is -2.46. The number of para-hydroxylation sites is 2. The number of thiazole rings is 1. The van der Waals surface area contributed by atoms with Crippen molar-refractivity contribution in [2.45, 2.75) is 12.4 Å². The van der Waals surface area contributed by atoms with E-state index in [1.807, 2.05) is 0 Å². The van der Waals surface area contributed by atoms with Crippen molar-refractivity contribution in [1.29, 1.82) is 0 Å². The third-order valence-corrected chi connectivity index (χ3v) is 4.94. The Bertz CT molecular complexity index is 975. The van der Waals surface area contributed by atoms with E-state index in [9.17, 15) is 18.4 Å². The van der Waals surface area contributed by atoms with E-state index in [1.165, 1.54) is 51.8 Å². The van der Waals surface area contributed by atoms with Gasteiger partial charge in [0.1, 0.15) is 5.75 Å². The largest absolute Gasteiger partial charge is 0.433 e. The molecule has 0 aliphatic carbocycles. The molecule has 0 atom stereocenters. The molecule has 0 radical (unpaired) electrons. The molecule has 0 aliphatic heterocycles. The number of rotatable bonds is 7. The Kier molecular flexibility index (Phi) is 5.84. The number of amides is 1. The molecule has 0 spiro atoms. The maximum atomic E-state index is 12.4. The molecule has 2 aromatic heterocycles. The van der Waals surface area contributed by atoms with Crippen LogP contribution in [0.4, 0.5) is 14.5 Å². The minimum Gasteiger partial charge on any atom is -0.433 e. The SMILES string of the molecule is O=C(CSCc1cc(=O)n2ccsc2n1)Nc1ccccc1OC(F)F. The molecule has 26 heavy (non-hydrogen) atoms. The van der Waals surface area contributed by atoms with Gasteiger partial charge in [-0.05, 0) is 12.1 Å². The van der Waals surface area contributed by atoms with Crippen LogP contribution >= 0.6 is 23.1 Å². The van der Waals surface area contributed by atoms with Gasteiger partial charge in [0, 0.05) is 23.4 Å². The summed E-state index contributed by atoms with van der Waals surface area (Å²) >= 11 is 2.62. The second-order valence-electron chi connectivity index (χ2n) is 5.06. The molecule has 3 aromatic rings. The van der Waals surface area contributed by atoms with Crippen molar-refractivity contribution in [2.75, 3.05) is 11.1 Å². The number of thioether (sulfide) groups is 1. The number of ether oxygens (including phenoxy) is 1. The fourth-order valence-electron chi connectivity index (χ4n) is 2.17. The second-order valence-corrected chi connectivity index (χ2v) is 6.92. The maximum absolute atomic E-state index is 12.4. The van der Waals surface area contributed by atoms with E-state index in [4.69, 9.17) is 0 Å². The molecule has 0 bridgehead atoms. The van der Waals surface area contributed by atoms with Crippen molar-refractivity contribution in [2.24, 2.45) is 0 Å². The Morgan fingerprint density at radius 3 is 3.00 bits per heavy atom. The summed E-state index contributed by atoms with van der Waals surface area (Å²) in [5, 5.41) is 4.31. The predicted molar refractivity (Wildman–Crippen MR) is 97.2 cm³/mol. The van der Waals surface area contributed by atoms with Gasteiger partial charge < -0.3 is 10.1 Å². The number of carbonyl (C=O) groups excluding carboxylic acids is 1. The van der Waals surface area contributed by atoms with E-state index in [1.54, 1.807) is 17.6 Å². The first-order valence-electron chi connectivity index (χ1n) is 7.40. The fourth-order valence-corrected chi connectivity index (χ4v) is 3.62. The number of carbonyl (C=O) groups is 1. The number of benzene rings is 1. The van der Waals surface area contributed by atoms with Crippen molar-refractivity contribution >= 4 is 39.7 Å². The van der Waals surface area contributed by atoms with Crippen LogP contribution < -0.4 is 15.6 Å². The minimum atomic E-state index is -2.97. The molecule has 0 fully saturated rings. The summed E-state index contributed by atoms with van der Waals surface area (Å²) in [4.78, 5) is 28.9. The van der Waals surface area contributed by atoms with Gasteiger partial charge in [-0.15, -0.1) is 23.1 Å². The van der Waals surface area contributed by atoms with E-state index in [2.05, 4.69) is 15.0 Å². The van der Waals surface area contributed by atoms with Crippen molar-refractivity contribution in [1.82, 2.24) is 9.38 Å². The highest BCUT2D eigenvalue weighted by molar-refractivity contribution is 7.99. The third kappa shape index (κ3) is 4.58. The van der Waals surface area contributed by atoms with Gasteiger partial charge in [0.2, 0.25) is 5.91 Å². The number of hydrogen-bond acceptors (Lipinski definition) is 6. The van der Waals surface area contributed by atoms with Crippen LogP contribution in [0.3, 0.4) is 0 Å². The molecular formula is C16H13F2N3O3S2. The van der Waals surface area contributed by atoms with Crippen molar-refractivity contribution < 1.29 is 18.3 Å². The van der Waals surface area contributed by atoms with Crippen LogP contribution in [-0.4, -0.2) is 27.7 Å². The Balaban J connectivity index is 1.56. The van der Waals surface area contributed by atoms with Crippen LogP contribution in [0.5, 0.6) is 5.75 Å². The van der Waals surface area contributed by atoms with Crippen LogP contribution in [0.15, 0.2) is 46.7 Å². The summed E-state index contributed by atoms with van der Waals surface area (Å²) in [6, 6.07) is 7.40. The van der Waals surface area contributed by atoms with Gasteiger partial charge in [-0.2, -0.15) is 8.78 Å². The quantitative estimate of drug-likeness (QED) is 0.663. The summed E-state index contributed by atoms with van der Waals surface area (Å²) in [7, 11) is 0. The number of nitrogens with one attached hydrogen (secondary N) is 1. The minimum absolute atomic E-state index is 0.0779. The maximum Gasteiger partial charge on any atom is 0.387 e. The molecule has 0 saturated carbocycles. The van der Waals surface area contributed by atoms with Gasteiger partial charge in [0.25, 0.3) is 5.56 Å². The summed E-state index contributed by atoms with van der Waals surface area (Å²) in [6.45, 7) is -2.97. The first kappa shape index (κ1) is 18.3. The van der Waals surface area contributed by atoms with Crippen molar-refractivity contribution in [3.05, 3.63) is 58.0 Å². The number of halogens is 2. The fraction of sp³-hybridized carbons (Fsp3) is 0.188. The molecule has 6 nitrogen and oxygen atoms in total. The lowest BCUT2D eigenvalue weighted by molar-refractivity contribution is -0.113. The molecule has 136 valence electrons. The summed E-state index contributed by atoms with van der Waals surface area (Å²) in [5.41, 5.74) is 0.584. The zero-order valence-corrected chi connectivity index (χ0v) is 14.9. The van der Waals surface area contributed by atoms with Gasteiger partial charge in [0.15, 0.2) is 4.96 Å². The highest BCUT2D eigenvalue weighted by atomic mass is 32.2. The summed E-state index contributed by atoms with van der Waals surface area (Å²) in [5.74, 6) is -0.00581. The van der Waals surface area contributed by atoms with Crippen LogP contribution in [-0.2, 0) is 10.5 Å². The van der Waals surface area contributed by atoms with Crippen molar-refractivity contribution in [3.63, 3.8) is 0 Å². The number of aromatic nitrogens is 2. The lowest BCUT2D eigenvalue weighted by Crippen LogP contribution is -2.16. The third-order valence-electron chi connectivity index (χ3n) is 3.22. The van der Waals surface area contributed by atoms with E-state index in [-0.39, 0.29) is 28.7 Å². The average Bonchev–Trinajstić information content (AvgIpc) is 3.05. The molecule has 0 unspecified atom stereocenters. The van der Waals surface area contributed by atoms with Gasteiger partial charge in [-0.1, -0.05) is 12.1 Å². The summed E-state index contributed by atoms with van der Waals surface area (Å²) in [6.07, 6.45) is 1.65. The van der Waals surface area contributed by atoms with E-state index >= 15 is 0 Å². The Morgan fingerprint density at radius 2 is 2.19 bits per heavy atom. The topological polar surface area (TPSA) is 72.7 Å². The average molecular weight is 397 g/mol. The standard InChI is InChI=1S/C16H13F2N3O3S2/c17-15(18)24-12-4-2-1-3-11(12)20-13(22)9-25-8-10-7-14(23)21-5-6-26-16(21)19-10/h1-7,15H,8-9H2,(H,20,22). The molecule has 2 heterocycles. The van der Waals surface area contributed by atoms with Gasteiger partial charge in [0.05, 0.1) is 17.1 Å². The van der Waals surface area contributed by atoms with Crippen LogP contribution in [0, 0.1) is 0 Å². The number of anilines is 1. The van der Waals surface area contributed by atoms with Gasteiger partial charge in [-0.25, -0.2) is 4.98 Å². The molecule has 3 rings (SSSR count). The monoisotopic (exact) mass is 397 g/mol. The molecule has 0 saturated heterocycles. The lowest BCUT2D eigenvalue weighted by atomic mass is 10.3. The molecule has 1 amide bonds. The summed E-state index contributed by atoms with van der Waals surface area (Å²) < 4.78 is 30.6. The lowest BCUT2D eigenvalue weighted by Gasteiger charge is -2.11. The zero-order chi connectivity index (χ0) is 18.5. The predicted octanol–water partition coefficient (Wildman–Crippen LogP) is 3.23.